The fraction of sp³-hybridized carbons (Fsp3) is 0.556. The van der Waals surface area contributed by atoms with Crippen LogP contribution in [0.15, 0.2) is 28.6 Å². The van der Waals surface area contributed by atoms with E-state index in [9.17, 15) is 19.4 Å². The van der Waals surface area contributed by atoms with Gasteiger partial charge in [-0.1, -0.05) is 16.4 Å². The molecule has 1 aromatic carbocycles. The maximum atomic E-state index is 12.6. The van der Waals surface area contributed by atoms with Gasteiger partial charge in [-0.15, -0.1) is 0 Å². The van der Waals surface area contributed by atoms with E-state index in [0.29, 0.717) is 16.9 Å². The maximum Gasteiger partial charge on any atom is 0.414 e. The zero-order chi connectivity index (χ0) is 20.1. The quantitative estimate of drug-likeness (QED) is 0.707. The van der Waals surface area contributed by atoms with E-state index in [-0.39, 0.29) is 37.7 Å². The van der Waals surface area contributed by atoms with E-state index in [1.54, 1.807) is 36.9 Å². The van der Waals surface area contributed by atoms with Crippen molar-refractivity contribution in [1.29, 1.82) is 0 Å². The molecule has 0 spiro atoms. The van der Waals surface area contributed by atoms with E-state index in [2.05, 4.69) is 10.4 Å². The molecule has 2 rings (SSSR count). The second-order valence-electron chi connectivity index (χ2n) is 6.85. The lowest BCUT2D eigenvalue weighted by Crippen LogP contribution is -2.51. The van der Waals surface area contributed by atoms with Gasteiger partial charge in [0.2, 0.25) is 5.91 Å². The van der Waals surface area contributed by atoms with Crippen LogP contribution in [0.25, 0.3) is 0 Å². The van der Waals surface area contributed by atoms with Gasteiger partial charge in [-0.25, -0.2) is 4.79 Å². The summed E-state index contributed by atoms with van der Waals surface area (Å²) in [6, 6.07) is 4.89. The number of carbonyl (C=O) groups is 2. The van der Waals surface area contributed by atoms with E-state index in [1.807, 2.05) is 6.92 Å². The lowest BCUT2D eigenvalue weighted by molar-refractivity contribution is -0.117. The Morgan fingerprint density at radius 1 is 1.19 bits per heavy atom. The van der Waals surface area contributed by atoms with Gasteiger partial charge in [-0.3, -0.25) is 9.69 Å². The number of ether oxygens (including phenoxy) is 1. The Morgan fingerprint density at radius 2 is 1.81 bits per heavy atom. The average Bonchev–Trinajstić information content (AvgIpc) is 2.59. The molecule has 0 aliphatic carbocycles. The standard InChI is InChI=1S/C18H24N4O5/c1-11(2)27-18(24)21-10-12(3)22(13(4)23)16-6-5-14(7-17(16)21)15(8-19-25)9-20-26/h5-7,11-12,15H,8-10H2,1-4H3/t12-/m0/s1. The highest BCUT2D eigenvalue weighted by Crippen LogP contribution is 2.38. The molecule has 0 saturated carbocycles. The van der Waals surface area contributed by atoms with Gasteiger partial charge < -0.3 is 9.64 Å². The molecule has 1 aromatic rings. The summed E-state index contributed by atoms with van der Waals surface area (Å²) in [5.41, 5.74) is 1.71. The first-order chi connectivity index (χ1) is 12.8. The Labute approximate surface area is 157 Å². The van der Waals surface area contributed by atoms with Crippen LogP contribution in [0.4, 0.5) is 16.2 Å². The van der Waals surface area contributed by atoms with Crippen molar-refractivity contribution >= 4 is 23.4 Å². The zero-order valence-electron chi connectivity index (χ0n) is 15.9. The molecule has 0 N–H and O–H groups in total. The van der Waals surface area contributed by atoms with Crippen LogP contribution in [-0.4, -0.2) is 43.8 Å². The van der Waals surface area contributed by atoms with Crippen LogP contribution in [-0.2, 0) is 9.53 Å². The Hall–Kier alpha value is -2.84. The molecule has 0 bridgehead atoms. The highest BCUT2D eigenvalue weighted by molar-refractivity contribution is 6.02. The maximum absolute atomic E-state index is 12.6. The third-order valence-electron chi connectivity index (χ3n) is 4.39. The predicted octanol–water partition coefficient (Wildman–Crippen LogP) is 3.41. The minimum absolute atomic E-state index is 0.103. The van der Waals surface area contributed by atoms with Crippen LogP contribution < -0.4 is 9.80 Å². The lowest BCUT2D eigenvalue weighted by atomic mass is 9.96. The molecular weight excluding hydrogens is 352 g/mol. The molecule has 0 saturated heterocycles. The second-order valence-corrected chi connectivity index (χ2v) is 6.85. The summed E-state index contributed by atoms with van der Waals surface area (Å²) in [4.78, 5) is 49.2. The zero-order valence-corrected chi connectivity index (χ0v) is 15.9. The van der Waals surface area contributed by atoms with E-state index in [4.69, 9.17) is 4.74 Å². The predicted molar refractivity (Wildman–Crippen MR) is 102 cm³/mol. The number of rotatable bonds is 6. The van der Waals surface area contributed by atoms with Gasteiger partial charge in [-0.05, 0) is 38.5 Å². The topological polar surface area (TPSA) is 109 Å². The van der Waals surface area contributed by atoms with E-state index in [0.717, 1.165) is 0 Å². The monoisotopic (exact) mass is 376 g/mol. The molecule has 2 amide bonds. The van der Waals surface area contributed by atoms with E-state index < -0.39 is 12.0 Å². The molecule has 1 heterocycles. The molecule has 0 fully saturated rings. The fourth-order valence-corrected chi connectivity index (χ4v) is 3.26. The summed E-state index contributed by atoms with van der Waals surface area (Å²) in [5, 5.41) is 5.75. The van der Waals surface area contributed by atoms with Gasteiger partial charge in [-0.2, -0.15) is 9.81 Å². The van der Waals surface area contributed by atoms with Gasteiger partial charge in [0, 0.05) is 19.4 Å². The van der Waals surface area contributed by atoms with Gasteiger partial charge in [0.05, 0.1) is 36.6 Å². The van der Waals surface area contributed by atoms with Crippen molar-refractivity contribution in [2.24, 2.45) is 10.4 Å². The molecule has 9 heteroatoms. The van der Waals surface area contributed by atoms with Crippen LogP contribution in [0.1, 0.15) is 39.2 Å². The number of anilines is 2. The Balaban J connectivity index is 2.54. The molecule has 0 aromatic heterocycles. The van der Waals surface area contributed by atoms with E-state index in [1.165, 1.54) is 11.8 Å². The second kappa shape index (κ2) is 8.70. The van der Waals surface area contributed by atoms with E-state index >= 15 is 0 Å². The molecule has 9 nitrogen and oxygen atoms in total. The molecule has 1 aliphatic heterocycles. The van der Waals surface area contributed by atoms with Gasteiger partial charge in [0.15, 0.2) is 0 Å². The Bertz CT molecular complexity index is 726. The molecule has 0 unspecified atom stereocenters. The first kappa shape index (κ1) is 20.5. The first-order valence-corrected chi connectivity index (χ1v) is 8.80. The molecule has 27 heavy (non-hydrogen) atoms. The number of benzene rings is 1. The van der Waals surface area contributed by atoms with Crippen LogP contribution in [0.5, 0.6) is 0 Å². The average molecular weight is 376 g/mol. The largest absolute Gasteiger partial charge is 0.446 e. The SMILES string of the molecule is CC(=O)N1c2ccc(C(CN=O)CN=O)cc2N(C(=O)OC(C)C)C[C@@H]1C. The summed E-state index contributed by atoms with van der Waals surface area (Å²) in [5.74, 6) is -0.632. The van der Waals surface area contributed by atoms with Crippen LogP contribution in [0, 0.1) is 9.81 Å². The third-order valence-corrected chi connectivity index (χ3v) is 4.39. The normalized spacial score (nSPS) is 16.3. The van der Waals surface area contributed by atoms with Gasteiger partial charge in [0.1, 0.15) is 0 Å². The summed E-state index contributed by atoms with van der Waals surface area (Å²) in [6.45, 7) is 6.89. The van der Waals surface area contributed by atoms with Crippen molar-refractivity contribution in [3.05, 3.63) is 33.6 Å². The van der Waals surface area contributed by atoms with Crippen molar-refractivity contribution in [3.8, 4) is 0 Å². The molecule has 0 radical (unpaired) electrons. The number of carbonyl (C=O) groups excluding carboxylic acids is 2. The highest BCUT2D eigenvalue weighted by Gasteiger charge is 2.35. The fourth-order valence-electron chi connectivity index (χ4n) is 3.26. The smallest absolute Gasteiger partial charge is 0.414 e. The Kier molecular flexibility index (Phi) is 6.59. The van der Waals surface area contributed by atoms with Crippen molar-refractivity contribution in [2.45, 2.75) is 45.8 Å². The highest BCUT2D eigenvalue weighted by atomic mass is 16.6. The summed E-state index contributed by atoms with van der Waals surface area (Å²) < 4.78 is 5.33. The number of hydrogen-bond acceptors (Lipinski definition) is 7. The number of amides is 2. The first-order valence-electron chi connectivity index (χ1n) is 8.80. The molecular formula is C18H24N4O5. The number of nitroso groups, excluding NO2 is 2. The molecule has 1 atom stereocenters. The van der Waals surface area contributed by atoms with Gasteiger partial charge >= 0.3 is 6.09 Å². The molecule has 1 aliphatic rings. The number of fused-ring (bicyclic) bond motifs is 1. The minimum Gasteiger partial charge on any atom is -0.446 e. The van der Waals surface area contributed by atoms with Crippen LogP contribution in [0.3, 0.4) is 0 Å². The van der Waals surface area contributed by atoms with Gasteiger partial charge in [0.25, 0.3) is 0 Å². The third kappa shape index (κ3) is 4.47. The summed E-state index contributed by atoms with van der Waals surface area (Å²) in [6.07, 6.45) is -0.812. The summed E-state index contributed by atoms with van der Waals surface area (Å²) in [7, 11) is 0. The summed E-state index contributed by atoms with van der Waals surface area (Å²) >= 11 is 0. The molecule has 146 valence electrons. The number of nitrogens with zero attached hydrogens (tertiary/aromatic N) is 4. The van der Waals surface area contributed by atoms with Crippen molar-refractivity contribution in [3.63, 3.8) is 0 Å². The van der Waals surface area contributed by atoms with Crippen molar-refractivity contribution < 1.29 is 14.3 Å². The Morgan fingerprint density at radius 3 is 2.33 bits per heavy atom. The van der Waals surface area contributed by atoms with Crippen molar-refractivity contribution in [2.75, 3.05) is 29.4 Å². The lowest BCUT2D eigenvalue weighted by Gasteiger charge is -2.40. The van der Waals surface area contributed by atoms with Crippen LogP contribution >= 0.6 is 0 Å². The minimum atomic E-state index is -0.517. The van der Waals surface area contributed by atoms with Crippen LogP contribution in [0.2, 0.25) is 0 Å². The van der Waals surface area contributed by atoms with Crippen molar-refractivity contribution in [1.82, 2.24) is 0 Å². The number of hydrogen-bond donors (Lipinski definition) is 0.